The maximum Gasteiger partial charge on any atom is 0.300 e. The number of benzene rings is 1. The predicted octanol–water partition coefficient (Wildman–Crippen LogP) is 3.55. The van der Waals surface area contributed by atoms with Crippen LogP contribution in [-0.4, -0.2) is 22.5 Å². The van der Waals surface area contributed by atoms with E-state index in [0.717, 1.165) is 6.92 Å². The third-order valence-electron chi connectivity index (χ3n) is 1.26. The van der Waals surface area contributed by atoms with Crippen molar-refractivity contribution in [2.75, 3.05) is 0 Å². The second kappa shape index (κ2) is 7.33. The van der Waals surface area contributed by atoms with Gasteiger partial charge in [-0.2, -0.15) is 0 Å². The van der Waals surface area contributed by atoms with Crippen LogP contribution in [0.5, 0.6) is 0 Å². The van der Waals surface area contributed by atoms with E-state index in [0.29, 0.717) is 10.6 Å². The number of aliphatic carboxylic acids is 1. The minimum absolute atomic E-state index is 0.260. The van der Waals surface area contributed by atoms with Crippen molar-refractivity contribution in [2.24, 2.45) is 5.16 Å². The molecule has 0 spiro atoms. The maximum absolute atomic E-state index is 9.00. The van der Waals surface area contributed by atoms with Crippen molar-refractivity contribution in [3.05, 3.63) is 32.8 Å². The molecular formula is C9H8Cl3NO3. The smallest absolute Gasteiger partial charge is 0.300 e. The molecule has 0 bridgehead atoms. The van der Waals surface area contributed by atoms with Crippen molar-refractivity contribution >= 4 is 47.0 Å². The van der Waals surface area contributed by atoms with Crippen molar-refractivity contribution in [1.29, 1.82) is 0 Å². The van der Waals surface area contributed by atoms with Crippen molar-refractivity contribution < 1.29 is 15.1 Å². The summed E-state index contributed by atoms with van der Waals surface area (Å²) in [4.78, 5) is 9.00. The first kappa shape index (κ1) is 15.0. The standard InChI is InChI=1S/C7H4Cl3NO.C2H4O2/c8-5-2-1-4(3-11-12)6(9)7(5)10;1-2(3)4/h1-3,12H;1H3,(H,3,4). The van der Waals surface area contributed by atoms with Gasteiger partial charge in [-0.3, -0.25) is 4.79 Å². The van der Waals surface area contributed by atoms with E-state index in [1.807, 2.05) is 0 Å². The van der Waals surface area contributed by atoms with Crippen LogP contribution < -0.4 is 0 Å². The molecule has 0 aromatic heterocycles. The molecule has 0 unspecified atom stereocenters. The molecule has 2 N–H and O–H groups in total. The molecule has 0 aliphatic heterocycles. The highest BCUT2D eigenvalue weighted by molar-refractivity contribution is 6.48. The first-order valence-corrected chi connectivity index (χ1v) is 5.04. The van der Waals surface area contributed by atoms with Gasteiger partial charge in [-0.15, -0.1) is 0 Å². The molecule has 0 aliphatic rings. The monoisotopic (exact) mass is 283 g/mol. The second-order valence-corrected chi connectivity index (χ2v) is 3.69. The zero-order valence-corrected chi connectivity index (χ0v) is 10.4. The first-order chi connectivity index (χ1) is 7.40. The van der Waals surface area contributed by atoms with Gasteiger partial charge in [0.25, 0.3) is 5.97 Å². The summed E-state index contributed by atoms with van der Waals surface area (Å²) in [5, 5.41) is 19.4. The number of oxime groups is 1. The topological polar surface area (TPSA) is 69.9 Å². The fourth-order valence-corrected chi connectivity index (χ4v) is 1.29. The van der Waals surface area contributed by atoms with Crippen molar-refractivity contribution in [3.63, 3.8) is 0 Å². The Bertz CT molecular complexity index is 403. The molecule has 7 heteroatoms. The van der Waals surface area contributed by atoms with Gasteiger partial charge < -0.3 is 10.3 Å². The number of carboxylic acids is 1. The summed E-state index contributed by atoms with van der Waals surface area (Å²) in [6.45, 7) is 1.08. The number of hydrogen-bond acceptors (Lipinski definition) is 3. The minimum atomic E-state index is -0.833. The van der Waals surface area contributed by atoms with Gasteiger partial charge in [-0.1, -0.05) is 46.0 Å². The quantitative estimate of drug-likeness (QED) is 0.358. The number of hydrogen-bond donors (Lipinski definition) is 2. The average molecular weight is 285 g/mol. The van der Waals surface area contributed by atoms with Crippen LogP contribution in [0.3, 0.4) is 0 Å². The number of rotatable bonds is 1. The van der Waals surface area contributed by atoms with Crippen LogP contribution >= 0.6 is 34.8 Å². The van der Waals surface area contributed by atoms with Gasteiger partial charge in [-0.05, 0) is 6.07 Å². The summed E-state index contributed by atoms with van der Waals surface area (Å²) in [6, 6.07) is 3.18. The predicted molar refractivity (Wildman–Crippen MR) is 64.2 cm³/mol. The van der Waals surface area contributed by atoms with E-state index in [9.17, 15) is 0 Å². The third kappa shape index (κ3) is 5.21. The van der Waals surface area contributed by atoms with E-state index in [-0.39, 0.29) is 10.0 Å². The minimum Gasteiger partial charge on any atom is -0.481 e. The van der Waals surface area contributed by atoms with Crippen LogP contribution in [0.2, 0.25) is 15.1 Å². The van der Waals surface area contributed by atoms with E-state index in [1.54, 1.807) is 12.1 Å². The number of carbonyl (C=O) groups is 1. The molecule has 4 nitrogen and oxygen atoms in total. The fraction of sp³-hybridized carbons (Fsp3) is 0.111. The molecule has 0 heterocycles. The van der Waals surface area contributed by atoms with E-state index in [1.165, 1.54) is 6.21 Å². The molecule has 0 fully saturated rings. The number of nitrogens with zero attached hydrogens (tertiary/aromatic N) is 1. The van der Waals surface area contributed by atoms with Gasteiger partial charge in [0.2, 0.25) is 0 Å². The lowest BCUT2D eigenvalue weighted by molar-refractivity contribution is -0.134. The zero-order chi connectivity index (χ0) is 12.7. The maximum atomic E-state index is 9.00. The van der Waals surface area contributed by atoms with Gasteiger partial charge in [0.05, 0.1) is 21.3 Å². The highest BCUT2D eigenvalue weighted by atomic mass is 35.5. The van der Waals surface area contributed by atoms with Crippen LogP contribution in [0.1, 0.15) is 12.5 Å². The van der Waals surface area contributed by atoms with Crippen LogP contribution in [0.15, 0.2) is 17.3 Å². The van der Waals surface area contributed by atoms with Gasteiger partial charge in [0.15, 0.2) is 0 Å². The van der Waals surface area contributed by atoms with Crippen molar-refractivity contribution in [3.8, 4) is 0 Å². The molecule has 0 amide bonds. The van der Waals surface area contributed by atoms with Gasteiger partial charge in [0.1, 0.15) is 0 Å². The Kier molecular flexibility index (Phi) is 6.88. The number of carboxylic acid groups (broad SMARTS) is 1. The molecule has 0 saturated carbocycles. The summed E-state index contributed by atoms with van der Waals surface area (Å²) in [7, 11) is 0. The summed E-state index contributed by atoms with van der Waals surface area (Å²) in [5.74, 6) is -0.833. The SMILES string of the molecule is CC(=O)O.ON=Cc1ccc(Cl)c(Cl)c1Cl. The van der Waals surface area contributed by atoms with Crippen molar-refractivity contribution in [2.45, 2.75) is 6.92 Å². The van der Waals surface area contributed by atoms with E-state index in [2.05, 4.69) is 5.16 Å². The van der Waals surface area contributed by atoms with Crippen LogP contribution in [0.4, 0.5) is 0 Å². The molecule has 0 saturated heterocycles. The third-order valence-corrected chi connectivity index (χ3v) is 2.57. The Morgan fingerprint density at radius 2 is 1.81 bits per heavy atom. The van der Waals surface area contributed by atoms with Crippen LogP contribution in [-0.2, 0) is 4.79 Å². The van der Waals surface area contributed by atoms with Gasteiger partial charge in [-0.25, -0.2) is 0 Å². The highest BCUT2D eigenvalue weighted by Crippen LogP contribution is 2.31. The fourth-order valence-electron chi connectivity index (χ4n) is 0.703. The molecule has 0 aliphatic carbocycles. The molecule has 88 valence electrons. The summed E-state index contributed by atoms with van der Waals surface area (Å²) in [5.41, 5.74) is 0.522. The molecule has 16 heavy (non-hydrogen) atoms. The average Bonchev–Trinajstić information content (AvgIpc) is 2.18. The Hall–Kier alpha value is -0.970. The lowest BCUT2D eigenvalue weighted by Gasteiger charge is -2.00. The molecule has 0 radical (unpaired) electrons. The summed E-state index contributed by atoms with van der Waals surface area (Å²) >= 11 is 17.1. The van der Waals surface area contributed by atoms with Crippen molar-refractivity contribution in [1.82, 2.24) is 0 Å². The van der Waals surface area contributed by atoms with E-state index < -0.39 is 5.97 Å². The van der Waals surface area contributed by atoms with Crippen LogP contribution in [0.25, 0.3) is 0 Å². The lowest BCUT2D eigenvalue weighted by atomic mass is 10.2. The Labute approximate surface area is 107 Å². The lowest BCUT2D eigenvalue weighted by Crippen LogP contribution is -1.84. The largest absolute Gasteiger partial charge is 0.481 e. The van der Waals surface area contributed by atoms with Crippen LogP contribution in [0, 0.1) is 0 Å². The second-order valence-electron chi connectivity index (χ2n) is 2.53. The van der Waals surface area contributed by atoms with Gasteiger partial charge in [0, 0.05) is 12.5 Å². The molecular weight excluding hydrogens is 276 g/mol. The normalized spacial score (nSPS) is 9.75. The molecule has 1 rings (SSSR count). The van der Waals surface area contributed by atoms with E-state index in [4.69, 9.17) is 49.9 Å². The van der Waals surface area contributed by atoms with E-state index >= 15 is 0 Å². The summed E-state index contributed by atoms with van der Waals surface area (Å²) in [6.07, 6.45) is 1.19. The number of halogens is 3. The first-order valence-electron chi connectivity index (χ1n) is 3.90. The van der Waals surface area contributed by atoms with Gasteiger partial charge >= 0.3 is 0 Å². The molecule has 1 aromatic carbocycles. The zero-order valence-electron chi connectivity index (χ0n) is 8.12. The summed E-state index contributed by atoms with van der Waals surface area (Å²) < 4.78 is 0. The Balaban J connectivity index is 0.000000487. The Morgan fingerprint density at radius 3 is 2.25 bits per heavy atom. The Morgan fingerprint density at radius 1 is 1.31 bits per heavy atom. The molecule has 1 aromatic rings. The molecule has 0 atom stereocenters. The highest BCUT2D eigenvalue weighted by Gasteiger charge is 2.06.